The molecule has 0 aliphatic rings. The predicted molar refractivity (Wildman–Crippen MR) is 137 cm³/mol. The van der Waals surface area contributed by atoms with E-state index >= 15 is 0 Å². The van der Waals surface area contributed by atoms with E-state index in [0.29, 0.717) is 33.9 Å². The lowest BCUT2D eigenvalue weighted by atomic mass is 10.3. The van der Waals surface area contributed by atoms with Gasteiger partial charge in [0, 0.05) is 29.3 Å². The molecule has 0 fully saturated rings. The molecule has 0 saturated carbocycles. The van der Waals surface area contributed by atoms with Gasteiger partial charge in [0.05, 0.1) is 20.0 Å². The molecule has 4 aromatic rings. The Kier molecular flexibility index (Phi) is 8.14. The Hall–Kier alpha value is -4.38. The topological polar surface area (TPSA) is 120 Å². The number of thioether (sulfide) groups is 1. The van der Waals surface area contributed by atoms with E-state index in [1.807, 2.05) is 0 Å². The van der Waals surface area contributed by atoms with E-state index in [4.69, 9.17) is 9.47 Å². The molecule has 0 unspecified atom stereocenters. The van der Waals surface area contributed by atoms with Crippen LogP contribution in [0.1, 0.15) is 0 Å². The zero-order chi connectivity index (χ0) is 25.3. The number of anilines is 2. The second-order valence-corrected chi connectivity index (χ2v) is 8.40. The zero-order valence-electron chi connectivity index (χ0n) is 19.7. The third-order valence-electron chi connectivity index (χ3n) is 4.95. The molecule has 0 aliphatic heterocycles. The first-order valence-electron chi connectivity index (χ1n) is 10.9. The molecule has 2 aromatic heterocycles. The number of aromatic nitrogens is 4. The quantitative estimate of drug-likeness (QED) is 0.314. The van der Waals surface area contributed by atoms with E-state index in [1.165, 1.54) is 16.4 Å². The maximum Gasteiger partial charge on any atom is 0.246 e. The van der Waals surface area contributed by atoms with Crippen molar-refractivity contribution in [1.29, 1.82) is 0 Å². The molecule has 2 amide bonds. The number of carbonyl (C=O) groups is 2. The molecule has 36 heavy (non-hydrogen) atoms. The molecule has 0 radical (unpaired) electrons. The van der Waals surface area contributed by atoms with Gasteiger partial charge in [0.25, 0.3) is 0 Å². The van der Waals surface area contributed by atoms with Crippen molar-refractivity contribution in [2.75, 3.05) is 30.6 Å². The summed E-state index contributed by atoms with van der Waals surface area (Å²) in [6.45, 7) is -0.0768. The van der Waals surface area contributed by atoms with E-state index in [2.05, 4.69) is 25.7 Å². The van der Waals surface area contributed by atoms with Crippen molar-refractivity contribution in [3.05, 3.63) is 73.1 Å². The highest BCUT2D eigenvalue weighted by atomic mass is 32.2. The summed E-state index contributed by atoms with van der Waals surface area (Å²) in [5.74, 6) is 1.42. The van der Waals surface area contributed by atoms with Crippen molar-refractivity contribution in [3.8, 4) is 22.9 Å². The molecule has 2 heterocycles. The first-order valence-corrected chi connectivity index (χ1v) is 11.9. The Bertz CT molecular complexity index is 1310. The number of hydrogen-bond donors (Lipinski definition) is 2. The Labute approximate surface area is 212 Å². The Morgan fingerprint density at radius 3 is 1.94 bits per heavy atom. The minimum atomic E-state index is -0.282. The summed E-state index contributed by atoms with van der Waals surface area (Å²) in [5, 5.41) is 10.6. The number of ether oxygens (including phenoxy) is 2. The van der Waals surface area contributed by atoms with E-state index in [-0.39, 0.29) is 24.1 Å². The lowest BCUT2D eigenvalue weighted by Gasteiger charge is -2.08. The average Bonchev–Trinajstić information content (AvgIpc) is 3.31. The molecule has 11 heteroatoms. The van der Waals surface area contributed by atoms with Gasteiger partial charge >= 0.3 is 0 Å². The SMILES string of the molecule is COc1ccc(NC(=O)CSc2nc(-c3ccncc3)nn2CC(=O)Nc2ccc(OC)cc2)cc1. The standard InChI is InChI=1S/C25H24N6O4S/c1-34-20-7-3-18(4-8-20)27-22(32)15-31-25(29-24(30-31)17-11-13-26-14-12-17)36-16-23(33)28-19-5-9-21(35-2)10-6-19/h3-14H,15-16H2,1-2H3,(H,27,32)(H,28,33). The van der Waals surface area contributed by atoms with Crippen LogP contribution in [0.5, 0.6) is 11.5 Å². The molecular formula is C25H24N6O4S. The number of pyridine rings is 1. The smallest absolute Gasteiger partial charge is 0.246 e. The second-order valence-electron chi connectivity index (χ2n) is 7.45. The molecular weight excluding hydrogens is 480 g/mol. The summed E-state index contributed by atoms with van der Waals surface area (Å²) < 4.78 is 11.8. The molecule has 0 atom stereocenters. The number of nitrogens with zero attached hydrogens (tertiary/aromatic N) is 4. The molecule has 0 spiro atoms. The fourth-order valence-electron chi connectivity index (χ4n) is 3.17. The Balaban J connectivity index is 1.45. The highest BCUT2D eigenvalue weighted by molar-refractivity contribution is 7.99. The fraction of sp³-hybridized carbons (Fsp3) is 0.160. The normalized spacial score (nSPS) is 10.5. The number of hydrogen-bond acceptors (Lipinski definition) is 8. The van der Waals surface area contributed by atoms with Crippen LogP contribution in [0.25, 0.3) is 11.4 Å². The Morgan fingerprint density at radius 1 is 0.833 bits per heavy atom. The molecule has 184 valence electrons. The summed E-state index contributed by atoms with van der Waals surface area (Å²) in [6, 6.07) is 17.6. The van der Waals surface area contributed by atoms with Gasteiger partial charge in [-0.05, 0) is 60.7 Å². The van der Waals surface area contributed by atoms with Crippen LogP contribution in [0.3, 0.4) is 0 Å². The van der Waals surface area contributed by atoms with Crippen LogP contribution in [0.2, 0.25) is 0 Å². The van der Waals surface area contributed by atoms with Crippen LogP contribution in [0.15, 0.2) is 78.2 Å². The minimum Gasteiger partial charge on any atom is -0.497 e. The van der Waals surface area contributed by atoms with Crippen LogP contribution < -0.4 is 20.1 Å². The van der Waals surface area contributed by atoms with Gasteiger partial charge in [-0.3, -0.25) is 14.6 Å². The maximum atomic E-state index is 12.7. The van der Waals surface area contributed by atoms with Crippen LogP contribution in [0.4, 0.5) is 11.4 Å². The maximum absolute atomic E-state index is 12.7. The zero-order valence-corrected chi connectivity index (χ0v) is 20.5. The Morgan fingerprint density at radius 2 is 1.39 bits per heavy atom. The van der Waals surface area contributed by atoms with Crippen molar-refractivity contribution in [2.24, 2.45) is 0 Å². The van der Waals surface area contributed by atoms with Gasteiger partial charge < -0.3 is 20.1 Å². The predicted octanol–water partition coefficient (Wildman–Crippen LogP) is 3.73. The number of benzene rings is 2. The summed E-state index contributed by atoms with van der Waals surface area (Å²) in [4.78, 5) is 33.8. The van der Waals surface area contributed by atoms with Crippen molar-refractivity contribution >= 4 is 35.0 Å². The first-order chi connectivity index (χ1) is 17.5. The molecule has 4 rings (SSSR count). The van der Waals surface area contributed by atoms with Crippen LogP contribution in [0, 0.1) is 0 Å². The largest absolute Gasteiger partial charge is 0.497 e. The van der Waals surface area contributed by atoms with Crippen molar-refractivity contribution in [3.63, 3.8) is 0 Å². The van der Waals surface area contributed by atoms with Crippen LogP contribution >= 0.6 is 11.8 Å². The molecule has 2 aromatic carbocycles. The molecule has 0 bridgehead atoms. The monoisotopic (exact) mass is 504 g/mol. The third-order valence-corrected chi connectivity index (χ3v) is 5.92. The number of amides is 2. The van der Waals surface area contributed by atoms with E-state index in [1.54, 1.807) is 87.3 Å². The van der Waals surface area contributed by atoms with Crippen LogP contribution in [-0.2, 0) is 16.1 Å². The van der Waals surface area contributed by atoms with Gasteiger partial charge in [-0.25, -0.2) is 9.67 Å². The highest BCUT2D eigenvalue weighted by Gasteiger charge is 2.17. The highest BCUT2D eigenvalue weighted by Crippen LogP contribution is 2.23. The van der Waals surface area contributed by atoms with E-state index in [9.17, 15) is 9.59 Å². The summed E-state index contributed by atoms with van der Waals surface area (Å²) in [5.41, 5.74) is 2.03. The van der Waals surface area contributed by atoms with Crippen LogP contribution in [-0.4, -0.2) is 51.5 Å². The van der Waals surface area contributed by atoms with Crippen molar-refractivity contribution in [1.82, 2.24) is 19.7 Å². The van der Waals surface area contributed by atoms with Crippen molar-refractivity contribution in [2.45, 2.75) is 11.7 Å². The molecule has 0 saturated heterocycles. The molecule has 2 N–H and O–H groups in total. The van der Waals surface area contributed by atoms with Gasteiger partial charge in [0.15, 0.2) is 11.0 Å². The van der Waals surface area contributed by atoms with Crippen molar-refractivity contribution < 1.29 is 19.1 Å². The third kappa shape index (κ3) is 6.60. The lowest BCUT2D eigenvalue weighted by Crippen LogP contribution is -2.20. The summed E-state index contributed by atoms with van der Waals surface area (Å²) in [6.07, 6.45) is 3.28. The average molecular weight is 505 g/mol. The summed E-state index contributed by atoms with van der Waals surface area (Å²) in [7, 11) is 3.16. The van der Waals surface area contributed by atoms with Gasteiger partial charge in [-0.1, -0.05) is 11.8 Å². The lowest BCUT2D eigenvalue weighted by molar-refractivity contribution is -0.117. The van der Waals surface area contributed by atoms with E-state index < -0.39 is 0 Å². The van der Waals surface area contributed by atoms with Gasteiger partial charge in [-0.15, -0.1) is 5.10 Å². The second kappa shape index (κ2) is 11.8. The summed E-state index contributed by atoms with van der Waals surface area (Å²) >= 11 is 1.19. The van der Waals surface area contributed by atoms with Gasteiger partial charge in [0.1, 0.15) is 18.0 Å². The van der Waals surface area contributed by atoms with E-state index in [0.717, 1.165) is 5.56 Å². The number of carbonyl (C=O) groups excluding carboxylic acids is 2. The minimum absolute atomic E-state index is 0.0768. The number of rotatable bonds is 10. The molecule has 0 aliphatic carbocycles. The van der Waals surface area contributed by atoms with Gasteiger partial charge in [0.2, 0.25) is 11.8 Å². The molecule has 10 nitrogen and oxygen atoms in total. The number of methoxy groups -OCH3 is 2. The van der Waals surface area contributed by atoms with Gasteiger partial charge in [-0.2, -0.15) is 0 Å². The first kappa shape index (κ1) is 24.7. The number of nitrogens with one attached hydrogen (secondary N) is 2. The fourth-order valence-corrected chi connectivity index (χ4v) is 3.91.